The number of nitrogens with zero attached hydrogens (tertiary/aromatic N) is 1. The minimum absolute atomic E-state index is 0.206. The van der Waals surface area contributed by atoms with Gasteiger partial charge < -0.3 is 0 Å². The molecule has 0 aliphatic carbocycles. The molecule has 0 aliphatic rings. The van der Waals surface area contributed by atoms with Gasteiger partial charge in [-0.25, -0.2) is 4.98 Å². The lowest BCUT2D eigenvalue weighted by molar-refractivity contribution is 0.590. The minimum Gasteiger partial charge on any atom is -0.241 e. The van der Waals surface area contributed by atoms with Crippen LogP contribution in [0.4, 0.5) is 0 Å². The molecule has 0 spiro atoms. The first-order chi connectivity index (χ1) is 8.29. The monoisotopic (exact) mass is 259 g/mol. The SMILES string of the molecule is Cc1cc(C(C)(C)C)ccc1-c1nc(C)c(C)s1. The van der Waals surface area contributed by atoms with Gasteiger partial charge in [-0.2, -0.15) is 0 Å². The number of rotatable bonds is 1. The maximum Gasteiger partial charge on any atom is 0.124 e. The summed E-state index contributed by atoms with van der Waals surface area (Å²) >= 11 is 1.78. The van der Waals surface area contributed by atoms with Gasteiger partial charge in [0.15, 0.2) is 0 Å². The minimum atomic E-state index is 0.206. The van der Waals surface area contributed by atoms with E-state index < -0.39 is 0 Å². The van der Waals surface area contributed by atoms with Crippen LogP contribution in [-0.4, -0.2) is 4.98 Å². The van der Waals surface area contributed by atoms with E-state index in [0.717, 1.165) is 10.7 Å². The van der Waals surface area contributed by atoms with E-state index >= 15 is 0 Å². The molecule has 1 heterocycles. The Labute approximate surface area is 114 Å². The highest BCUT2D eigenvalue weighted by atomic mass is 32.1. The molecule has 1 aromatic heterocycles. The molecule has 0 unspecified atom stereocenters. The van der Waals surface area contributed by atoms with Crippen molar-refractivity contribution in [2.45, 2.75) is 47.0 Å². The van der Waals surface area contributed by atoms with Crippen molar-refractivity contribution < 1.29 is 0 Å². The van der Waals surface area contributed by atoms with Crippen LogP contribution in [0.2, 0.25) is 0 Å². The Morgan fingerprint density at radius 2 is 1.72 bits per heavy atom. The van der Waals surface area contributed by atoms with Crippen LogP contribution in [0, 0.1) is 20.8 Å². The molecule has 0 bridgehead atoms. The Hall–Kier alpha value is -1.15. The fourth-order valence-electron chi connectivity index (χ4n) is 1.96. The third-order valence-electron chi connectivity index (χ3n) is 3.35. The number of hydrogen-bond acceptors (Lipinski definition) is 2. The Morgan fingerprint density at radius 3 is 2.17 bits per heavy atom. The van der Waals surface area contributed by atoms with Gasteiger partial charge in [0.25, 0.3) is 0 Å². The standard InChI is InChI=1S/C16H21NS/c1-10-9-13(16(4,5)6)7-8-14(10)15-17-11(2)12(3)18-15/h7-9H,1-6H3. The molecule has 0 radical (unpaired) electrons. The van der Waals surface area contributed by atoms with Crippen LogP contribution in [0.5, 0.6) is 0 Å². The summed E-state index contributed by atoms with van der Waals surface area (Å²) in [4.78, 5) is 5.96. The zero-order chi connectivity index (χ0) is 13.5. The molecule has 2 aromatic rings. The molecule has 0 saturated carbocycles. The number of hydrogen-bond donors (Lipinski definition) is 0. The van der Waals surface area contributed by atoms with Gasteiger partial charge in [-0.1, -0.05) is 39.0 Å². The second kappa shape index (κ2) is 4.51. The van der Waals surface area contributed by atoms with E-state index in [1.807, 2.05) is 0 Å². The highest BCUT2D eigenvalue weighted by molar-refractivity contribution is 7.15. The summed E-state index contributed by atoms with van der Waals surface area (Å²) in [7, 11) is 0. The zero-order valence-corrected chi connectivity index (χ0v) is 12.9. The van der Waals surface area contributed by atoms with Gasteiger partial charge in [0, 0.05) is 10.4 Å². The second-order valence-electron chi connectivity index (χ2n) is 5.94. The smallest absolute Gasteiger partial charge is 0.124 e. The van der Waals surface area contributed by atoms with Gasteiger partial charge >= 0.3 is 0 Å². The second-order valence-corrected chi connectivity index (χ2v) is 7.14. The fourth-order valence-corrected chi connectivity index (χ4v) is 2.96. The average molecular weight is 259 g/mol. The highest BCUT2D eigenvalue weighted by Gasteiger charge is 2.16. The van der Waals surface area contributed by atoms with E-state index in [-0.39, 0.29) is 5.41 Å². The first-order valence-corrected chi connectivity index (χ1v) is 7.16. The van der Waals surface area contributed by atoms with Gasteiger partial charge in [-0.3, -0.25) is 0 Å². The third kappa shape index (κ3) is 2.49. The molecule has 0 amide bonds. The summed E-state index contributed by atoms with van der Waals surface area (Å²) < 4.78 is 0. The molecular weight excluding hydrogens is 238 g/mol. The molecule has 2 heteroatoms. The first kappa shape index (κ1) is 13.3. The molecule has 0 fully saturated rings. The van der Waals surface area contributed by atoms with Crippen LogP contribution < -0.4 is 0 Å². The molecule has 18 heavy (non-hydrogen) atoms. The average Bonchev–Trinajstić information content (AvgIpc) is 2.57. The maximum atomic E-state index is 4.65. The largest absolute Gasteiger partial charge is 0.241 e. The van der Waals surface area contributed by atoms with Crippen LogP contribution in [0.15, 0.2) is 18.2 Å². The highest BCUT2D eigenvalue weighted by Crippen LogP contribution is 2.32. The van der Waals surface area contributed by atoms with Crippen LogP contribution in [0.3, 0.4) is 0 Å². The zero-order valence-electron chi connectivity index (χ0n) is 12.1. The van der Waals surface area contributed by atoms with E-state index in [4.69, 9.17) is 0 Å². The molecule has 2 rings (SSSR count). The van der Waals surface area contributed by atoms with E-state index in [1.54, 1.807) is 11.3 Å². The topological polar surface area (TPSA) is 12.9 Å². The van der Waals surface area contributed by atoms with Crippen molar-refractivity contribution in [3.8, 4) is 10.6 Å². The lowest BCUT2D eigenvalue weighted by Gasteiger charge is -2.20. The number of thiazole rings is 1. The Kier molecular flexibility index (Phi) is 3.33. The molecule has 0 saturated heterocycles. The van der Waals surface area contributed by atoms with Crippen molar-refractivity contribution in [3.05, 3.63) is 39.9 Å². The van der Waals surface area contributed by atoms with Crippen molar-refractivity contribution >= 4 is 11.3 Å². The Bertz CT molecular complexity index is 554. The van der Waals surface area contributed by atoms with Crippen LogP contribution in [-0.2, 0) is 5.41 Å². The van der Waals surface area contributed by atoms with Gasteiger partial charge in [0.2, 0.25) is 0 Å². The summed E-state index contributed by atoms with van der Waals surface area (Å²) in [5, 5.41) is 1.14. The molecule has 0 atom stereocenters. The van der Waals surface area contributed by atoms with Crippen LogP contribution >= 0.6 is 11.3 Å². The van der Waals surface area contributed by atoms with Crippen molar-refractivity contribution in [1.29, 1.82) is 0 Å². The molecule has 0 aliphatic heterocycles. The molecular formula is C16H21NS. The van der Waals surface area contributed by atoms with Gasteiger partial charge in [0.1, 0.15) is 5.01 Å². The number of aromatic nitrogens is 1. The van der Waals surface area contributed by atoms with Gasteiger partial charge in [-0.05, 0) is 37.3 Å². The van der Waals surface area contributed by atoms with E-state index in [0.29, 0.717) is 0 Å². The Morgan fingerprint density at radius 1 is 1.06 bits per heavy atom. The van der Waals surface area contributed by atoms with Crippen molar-refractivity contribution in [1.82, 2.24) is 4.98 Å². The van der Waals surface area contributed by atoms with E-state index in [1.165, 1.54) is 21.6 Å². The number of benzene rings is 1. The lowest BCUT2D eigenvalue weighted by atomic mass is 9.85. The third-order valence-corrected chi connectivity index (χ3v) is 4.46. The van der Waals surface area contributed by atoms with E-state index in [2.05, 4.69) is 64.7 Å². The molecule has 96 valence electrons. The lowest BCUT2D eigenvalue weighted by Crippen LogP contribution is -2.11. The molecule has 1 aromatic carbocycles. The summed E-state index contributed by atoms with van der Waals surface area (Å²) in [6.45, 7) is 13.1. The first-order valence-electron chi connectivity index (χ1n) is 6.34. The van der Waals surface area contributed by atoms with Crippen molar-refractivity contribution in [3.63, 3.8) is 0 Å². The predicted octanol–water partition coefficient (Wildman–Crippen LogP) is 5.03. The Balaban J connectivity index is 2.48. The quantitative estimate of drug-likeness (QED) is 0.699. The summed E-state index contributed by atoms with van der Waals surface area (Å²) in [6.07, 6.45) is 0. The predicted molar refractivity (Wildman–Crippen MR) is 80.5 cm³/mol. The summed E-state index contributed by atoms with van der Waals surface area (Å²) in [5.74, 6) is 0. The normalized spacial score (nSPS) is 11.9. The van der Waals surface area contributed by atoms with Crippen LogP contribution in [0.25, 0.3) is 10.6 Å². The number of aryl methyl sites for hydroxylation is 3. The fraction of sp³-hybridized carbons (Fsp3) is 0.438. The molecule has 0 N–H and O–H groups in total. The summed E-state index contributed by atoms with van der Waals surface area (Å²) in [6, 6.07) is 6.74. The van der Waals surface area contributed by atoms with Crippen LogP contribution in [0.1, 0.15) is 42.5 Å². The van der Waals surface area contributed by atoms with E-state index in [9.17, 15) is 0 Å². The van der Waals surface area contributed by atoms with Crippen molar-refractivity contribution in [2.75, 3.05) is 0 Å². The van der Waals surface area contributed by atoms with Gasteiger partial charge in [0.05, 0.1) is 5.69 Å². The molecule has 1 nitrogen and oxygen atoms in total. The van der Waals surface area contributed by atoms with Gasteiger partial charge in [-0.15, -0.1) is 11.3 Å². The maximum absolute atomic E-state index is 4.65. The van der Waals surface area contributed by atoms with Crippen molar-refractivity contribution in [2.24, 2.45) is 0 Å². The summed E-state index contributed by atoms with van der Waals surface area (Å²) in [5.41, 5.74) is 5.32.